The van der Waals surface area contributed by atoms with Crippen molar-refractivity contribution in [3.63, 3.8) is 0 Å². The maximum absolute atomic E-state index is 12.6. The van der Waals surface area contributed by atoms with E-state index in [9.17, 15) is 9.59 Å². The van der Waals surface area contributed by atoms with E-state index in [1.807, 2.05) is 0 Å². The van der Waals surface area contributed by atoms with Crippen LogP contribution >= 0.6 is 0 Å². The highest BCUT2D eigenvalue weighted by Gasteiger charge is 2.28. The highest BCUT2D eigenvalue weighted by atomic mass is 16.4. The normalized spacial score (nSPS) is 16.8. The lowest BCUT2D eigenvalue weighted by Gasteiger charge is -2.33. The number of aromatic carboxylic acids is 1. The number of carbonyl (C=O) groups is 1. The molecule has 2 N–H and O–H groups in total. The molecule has 0 aliphatic heterocycles. The highest BCUT2D eigenvalue weighted by molar-refractivity contribution is 5.87. The Bertz CT molecular complexity index is 1020. The number of nitrogens with one attached hydrogen (secondary N) is 1. The second-order valence-electron chi connectivity index (χ2n) is 7.28. The Balaban J connectivity index is 1.71. The number of hydrogen-bond acceptors (Lipinski definition) is 5. The van der Waals surface area contributed by atoms with E-state index in [-0.39, 0.29) is 22.5 Å². The Kier molecular flexibility index (Phi) is 3.86. The summed E-state index contributed by atoms with van der Waals surface area (Å²) in [5, 5.41) is 17.3. The summed E-state index contributed by atoms with van der Waals surface area (Å²) in [7, 11) is 0. The molecule has 0 radical (unpaired) electrons. The topological polar surface area (TPSA) is 119 Å². The van der Waals surface area contributed by atoms with Gasteiger partial charge in [0, 0.05) is 12.7 Å². The Morgan fingerprint density at radius 2 is 2.04 bits per heavy atom. The summed E-state index contributed by atoms with van der Waals surface area (Å²) in [6, 6.07) is 0. The van der Waals surface area contributed by atoms with Crippen LogP contribution in [0.15, 0.2) is 23.4 Å². The monoisotopic (exact) mass is 356 g/mol. The fourth-order valence-corrected chi connectivity index (χ4v) is 3.70. The van der Waals surface area contributed by atoms with Crippen molar-refractivity contribution < 1.29 is 9.90 Å². The van der Waals surface area contributed by atoms with Crippen LogP contribution in [-0.4, -0.2) is 40.6 Å². The van der Waals surface area contributed by atoms with Crippen molar-refractivity contribution in [3.8, 4) is 5.95 Å². The average Bonchev–Trinajstić information content (AvgIpc) is 3.23. The molecule has 9 nitrogen and oxygen atoms in total. The first-order chi connectivity index (χ1) is 12.5. The molecule has 0 atom stereocenters. The third-order valence-corrected chi connectivity index (χ3v) is 5.13. The molecule has 1 saturated carbocycles. The van der Waals surface area contributed by atoms with E-state index in [0.29, 0.717) is 17.6 Å². The lowest BCUT2D eigenvalue weighted by molar-refractivity contribution is 0.0697. The van der Waals surface area contributed by atoms with Crippen molar-refractivity contribution in [2.24, 2.45) is 5.41 Å². The van der Waals surface area contributed by atoms with E-state index in [4.69, 9.17) is 5.11 Å². The van der Waals surface area contributed by atoms with Gasteiger partial charge in [0.15, 0.2) is 5.52 Å². The molecule has 0 bridgehead atoms. The number of rotatable bonds is 4. The minimum atomic E-state index is -1.09. The largest absolute Gasteiger partial charge is 0.478 e. The number of fused-ring (bicyclic) bond motifs is 1. The first-order valence-corrected chi connectivity index (χ1v) is 8.69. The van der Waals surface area contributed by atoms with Crippen molar-refractivity contribution in [3.05, 3.63) is 34.5 Å². The number of hydrogen-bond donors (Lipinski definition) is 2. The van der Waals surface area contributed by atoms with Gasteiger partial charge in [-0.15, -0.1) is 0 Å². The Labute approximate surface area is 148 Å². The molecular formula is C17H20N6O3. The van der Waals surface area contributed by atoms with Gasteiger partial charge in [0.25, 0.3) is 5.56 Å². The molecule has 0 amide bonds. The maximum atomic E-state index is 12.6. The van der Waals surface area contributed by atoms with Crippen LogP contribution in [0.3, 0.4) is 0 Å². The number of carboxylic acids is 1. The summed E-state index contributed by atoms with van der Waals surface area (Å²) in [6.07, 6.45) is 10.0. The van der Waals surface area contributed by atoms with Crippen LogP contribution in [0.4, 0.5) is 0 Å². The van der Waals surface area contributed by atoms with Gasteiger partial charge in [-0.1, -0.05) is 26.2 Å². The second-order valence-corrected chi connectivity index (χ2v) is 7.28. The fourth-order valence-electron chi connectivity index (χ4n) is 3.70. The van der Waals surface area contributed by atoms with Gasteiger partial charge in [-0.2, -0.15) is 10.2 Å². The molecular weight excluding hydrogens is 336 g/mol. The molecule has 1 aliphatic rings. The zero-order chi connectivity index (χ0) is 18.3. The van der Waals surface area contributed by atoms with Crippen LogP contribution in [0.2, 0.25) is 0 Å². The molecule has 4 rings (SSSR count). The Morgan fingerprint density at radius 3 is 2.73 bits per heavy atom. The predicted molar refractivity (Wildman–Crippen MR) is 93.4 cm³/mol. The SMILES string of the molecule is CC1(Cn2ncc3nc(-n4cc(C(=O)O)cn4)[nH]c(=O)c32)CCCCC1. The van der Waals surface area contributed by atoms with E-state index >= 15 is 0 Å². The van der Waals surface area contributed by atoms with Crippen LogP contribution in [0, 0.1) is 5.41 Å². The molecule has 1 aliphatic carbocycles. The Morgan fingerprint density at radius 1 is 1.27 bits per heavy atom. The van der Waals surface area contributed by atoms with Crippen LogP contribution in [0.1, 0.15) is 49.4 Å². The van der Waals surface area contributed by atoms with E-state index in [0.717, 1.165) is 12.8 Å². The van der Waals surface area contributed by atoms with E-state index in [1.54, 1.807) is 10.9 Å². The molecule has 3 heterocycles. The standard InChI is InChI=1S/C17H20N6O3/c1-17(5-3-2-4-6-17)10-23-13-12(8-19-23)20-16(21-14(13)24)22-9-11(7-18-22)15(25)26/h7-9H,2-6,10H2,1H3,(H,25,26)(H,20,21,24). The van der Waals surface area contributed by atoms with Crippen molar-refractivity contribution in [1.29, 1.82) is 0 Å². The molecule has 0 spiro atoms. The van der Waals surface area contributed by atoms with Gasteiger partial charge in [-0.05, 0) is 18.3 Å². The summed E-state index contributed by atoms with van der Waals surface area (Å²) >= 11 is 0. The summed E-state index contributed by atoms with van der Waals surface area (Å²) in [5.74, 6) is -0.924. The minimum Gasteiger partial charge on any atom is -0.478 e. The first kappa shape index (κ1) is 16.5. The molecule has 0 saturated heterocycles. The summed E-state index contributed by atoms with van der Waals surface area (Å²) < 4.78 is 2.98. The summed E-state index contributed by atoms with van der Waals surface area (Å²) in [6.45, 7) is 2.93. The number of nitrogens with zero attached hydrogens (tertiary/aromatic N) is 5. The van der Waals surface area contributed by atoms with Crippen molar-refractivity contribution >= 4 is 17.0 Å². The van der Waals surface area contributed by atoms with Crippen molar-refractivity contribution in [2.75, 3.05) is 0 Å². The molecule has 3 aromatic rings. The average molecular weight is 356 g/mol. The quantitative estimate of drug-likeness (QED) is 0.738. The van der Waals surface area contributed by atoms with Gasteiger partial charge in [0.1, 0.15) is 5.52 Å². The molecule has 26 heavy (non-hydrogen) atoms. The first-order valence-electron chi connectivity index (χ1n) is 8.69. The van der Waals surface area contributed by atoms with Crippen LogP contribution < -0.4 is 5.56 Å². The van der Waals surface area contributed by atoms with Crippen LogP contribution in [-0.2, 0) is 6.54 Å². The molecule has 3 aromatic heterocycles. The van der Waals surface area contributed by atoms with Crippen LogP contribution in [0.5, 0.6) is 0 Å². The molecule has 136 valence electrons. The highest BCUT2D eigenvalue weighted by Crippen LogP contribution is 2.37. The number of aromatic amines is 1. The molecule has 0 unspecified atom stereocenters. The predicted octanol–water partition coefficient (Wildman–Crippen LogP) is 1.97. The third kappa shape index (κ3) is 2.89. The van der Waals surface area contributed by atoms with Crippen molar-refractivity contribution in [2.45, 2.75) is 45.6 Å². The maximum Gasteiger partial charge on any atom is 0.338 e. The van der Waals surface area contributed by atoms with Crippen molar-refractivity contribution in [1.82, 2.24) is 29.5 Å². The molecule has 0 aromatic carbocycles. The van der Waals surface area contributed by atoms with Gasteiger partial charge in [-0.3, -0.25) is 14.5 Å². The van der Waals surface area contributed by atoms with Gasteiger partial charge >= 0.3 is 5.97 Å². The molecule has 1 fully saturated rings. The molecule has 9 heteroatoms. The summed E-state index contributed by atoms with van der Waals surface area (Å²) in [4.78, 5) is 30.7. The van der Waals surface area contributed by atoms with Gasteiger partial charge in [0.05, 0.1) is 18.0 Å². The van der Waals surface area contributed by atoms with E-state index in [2.05, 4.69) is 27.1 Å². The fraction of sp³-hybridized carbons (Fsp3) is 0.471. The van der Waals surface area contributed by atoms with Gasteiger partial charge in [-0.25, -0.2) is 14.5 Å². The van der Waals surface area contributed by atoms with Gasteiger partial charge < -0.3 is 5.11 Å². The smallest absolute Gasteiger partial charge is 0.338 e. The lowest BCUT2D eigenvalue weighted by Crippen LogP contribution is -2.28. The summed E-state index contributed by atoms with van der Waals surface area (Å²) in [5.41, 5.74) is 0.755. The number of carboxylic acid groups (broad SMARTS) is 1. The Hall–Kier alpha value is -2.97. The zero-order valence-electron chi connectivity index (χ0n) is 14.5. The van der Waals surface area contributed by atoms with Crippen LogP contribution in [0.25, 0.3) is 17.0 Å². The zero-order valence-corrected chi connectivity index (χ0v) is 14.5. The minimum absolute atomic E-state index is 0.0219. The lowest BCUT2D eigenvalue weighted by atomic mass is 9.76. The third-order valence-electron chi connectivity index (χ3n) is 5.13. The van der Waals surface area contributed by atoms with E-state index < -0.39 is 5.97 Å². The van der Waals surface area contributed by atoms with Gasteiger partial charge in [0.2, 0.25) is 5.95 Å². The number of aromatic nitrogens is 6. The second kappa shape index (κ2) is 6.08. The van der Waals surface area contributed by atoms with E-state index in [1.165, 1.54) is 36.3 Å². The number of H-pyrrole nitrogens is 1.